The average Bonchev–Trinajstić information content (AvgIpc) is 2.84. The Bertz CT molecular complexity index is 490. The highest BCUT2D eigenvalue weighted by Gasteiger charge is 2.30. The van der Waals surface area contributed by atoms with Gasteiger partial charge in [0.2, 0.25) is 5.91 Å². The smallest absolute Gasteiger partial charge is 0.238 e. The summed E-state index contributed by atoms with van der Waals surface area (Å²) in [5.41, 5.74) is 3.55. The first-order valence-electron chi connectivity index (χ1n) is 7.60. The molecule has 0 aromatic carbocycles. The van der Waals surface area contributed by atoms with E-state index in [0.717, 1.165) is 25.1 Å². The Labute approximate surface area is 126 Å². The molecule has 1 aliphatic heterocycles. The van der Waals surface area contributed by atoms with Crippen LogP contribution in [0.2, 0.25) is 0 Å². The van der Waals surface area contributed by atoms with Crippen LogP contribution >= 0.6 is 0 Å². The van der Waals surface area contributed by atoms with Gasteiger partial charge in [-0.1, -0.05) is 20.8 Å². The number of hydrazine groups is 1. The molecule has 2 atom stereocenters. The Kier molecular flexibility index (Phi) is 4.56. The number of rotatable bonds is 3. The molecule has 0 aliphatic carbocycles. The number of piperidine rings is 1. The minimum absolute atomic E-state index is 0.0443. The van der Waals surface area contributed by atoms with Crippen LogP contribution in [-0.4, -0.2) is 28.3 Å². The Hall–Kier alpha value is -1.56. The summed E-state index contributed by atoms with van der Waals surface area (Å²) in [5, 5.41) is 4.45. The molecule has 1 saturated heterocycles. The maximum absolute atomic E-state index is 11.8. The minimum Gasteiger partial charge on any atom is -0.365 e. The molecule has 118 valence electrons. The van der Waals surface area contributed by atoms with E-state index in [1.54, 1.807) is 0 Å². The zero-order chi connectivity index (χ0) is 15.6. The van der Waals surface area contributed by atoms with E-state index in [4.69, 9.17) is 5.84 Å². The summed E-state index contributed by atoms with van der Waals surface area (Å²) in [7, 11) is 0. The van der Waals surface area contributed by atoms with Gasteiger partial charge in [-0.25, -0.2) is 5.84 Å². The number of aromatic nitrogens is 2. The van der Waals surface area contributed by atoms with E-state index in [1.165, 1.54) is 0 Å². The monoisotopic (exact) mass is 293 g/mol. The zero-order valence-electron chi connectivity index (χ0n) is 13.5. The second-order valence-corrected chi connectivity index (χ2v) is 7.24. The van der Waals surface area contributed by atoms with Gasteiger partial charge >= 0.3 is 0 Å². The van der Waals surface area contributed by atoms with Crippen molar-refractivity contribution in [2.45, 2.75) is 53.1 Å². The van der Waals surface area contributed by atoms with Gasteiger partial charge in [0.25, 0.3) is 0 Å². The molecule has 0 spiro atoms. The van der Waals surface area contributed by atoms with Gasteiger partial charge in [-0.05, 0) is 25.2 Å². The summed E-state index contributed by atoms with van der Waals surface area (Å²) >= 11 is 0. The molecule has 2 heterocycles. The molecular weight excluding hydrogens is 266 g/mol. The fourth-order valence-corrected chi connectivity index (χ4v) is 2.87. The summed E-state index contributed by atoms with van der Waals surface area (Å²) in [4.78, 5) is 14.0. The van der Waals surface area contributed by atoms with E-state index in [1.807, 2.05) is 10.9 Å². The molecule has 1 fully saturated rings. The quantitative estimate of drug-likeness (QED) is 0.503. The molecule has 6 heteroatoms. The molecule has 0 bridgehead atoms. The Morgan fingerprint density at radius 2 is 2.19 bits per heavy atom. The first kappa shape index (κ1) is 15.8. The summed E-state index contributed by atoms with van der Waals surface area (Å²) in [6, 6.07) is 0.416. The predicted octanol–water partition coefficient (Wildman–Crippen LogP) is 1.52. The lowest BCUT2D eigenvalue weighted by molar-refractivity contribution is -0.125. The third kappa shape index (κ3) is 3.97. The van der Waals surface area contributed by atoms with E-state index >= 15 is 0 Å². The van der Waals surface area contributed by atoms with Gasteiger partial charge in [0.15, 0.2) is 0 Å². The summed E-state index contributed by atoms with van der Waals surface area (Å²) in [6.45, 7) is 10.4. The van der Waals surface area contributed by atoms with Crippen molar-refractivity contribution in [2.75, 3.05) is 11.4 Å². The normalized spacial score (nSPS) is 23.2. The van der Waals surface area contributed by atoms with Crippen LogP contribution in [0.25, 0.3) is 0 Å². The molecule has 1 aliphatic rings. The third-order valence-corrected chi connectivity index (χ3v) is 3.98. The second-order valence-electron chi connectivity index (χ2n) is 7.24. The number of hydrogen-bond donors (Lipinski definition) is 2. The number of nitrogens with zero attached hydrogens (tertiary/aromatic N) is 3. The van der Waals surface area contributed by atoms with Gasteiger partial charge in [-0.2, -0.15) is 5.10 Å². The van der Waals surface area contributed by atoms with Gasteiger partial charge in [0, 0.05) is 25.3 Å². The van der Waals surface area contributed by atoms with Crippen LogP contribution in [0.4, 0.5) is 5.69 Å². The number of hydrogen-bond acceptors (Lipinski definition) is 4. The average molecular weight is 293 g/mol. The minimum atomic E-state index is -0.0750. The Morgan fingerprint density at radius 1 is 1.48 bits per heavy atom. The molecule has 2 unspecified atom stereocenters. The number of nitrogens with one attached hydrogen (secondary N) is 1. The van der Waals surface area contributed by atoms with Crippen molar-refractivity contribution >= 4 is 11.6 Å². The van der Waals surface area contributed by atoms with Crippen LogP contribution in [0.1, 0.15) is 40.5 Å². The first-order chi connectivity index (χ1) is 9.80. The predicted molar refractivity (Wildman–Crippen MR) is 83.5 cm³/mol. The summed E-state index contributed by atoms with van der Waals surface area (Å²) in [5.74, 6) is 5.14. The van der Waals surface area contributed by atoms with Crippen molar-refractivity contribution in [1.82, 2.24) is 15.2 Å². The fraction of sp³-hybridized carbons (Fsp3) is 0.733. The number of carbonyl (C=O) groups is 1. The lowest BCUT2D eigenvalue weighted by Gasteiger charge is -2.38. The molecule has 1 aromatic rings. The van der Waals surface area contributed by atoms with Crippen LogP contribution < -0.4 is 16.2 Å². The van der Waals surface area contributed by atoms with E-state index in [-0.39, 0.29) is 17.2 Å². The van der Waals surface area contributed by atoms with Crippen molar-refractivity contribution in [3.63, 3.8) is 0 Å². The lowest BCUT2D eigenvalue weighted by atomic mass is 9.92. The van der Waals surface area contributed by atoms with Crippen LogP contribution in [0.15, 0.2) is 12.4 Å². The van der Waals surface area contributed by atoms with E-state index in [0.29, 0.717) is 12.6 Å². The van der Waals surface area contributed by atoms with Crippen LogP contribution in [0.3, 0.4) is 0 Å². The number of anilines is 1. The summed E-state index contributed by atoms with van der Waals surface area (Å²) in [6.07, 6.45) is 5.84. The topological polar surface area (TPSA) is 76.2 Å². The molecular formula is C15H27N5O. The molecule has 1 aromatic heterocycles. The van der Waals surface area contributed by atoms with Gasteiger partial charge in [-0.15, -0.1) is 0 Å². The number of carbonyl (C=O) groups excluding carboxylic acids is 1. The highest BCUT2D eigenvalue weighted by atomic mass is 16.2. The first-order valence-corrected chi connectivity index (χ1v) is 7.60. The zero-order valence-corrected chi connectivity index (χ0v) is 13.5. The van der Waals surface area contributed by atoms with Gasteiger partial charge < -0.3 is 4.90 Å². The molecule has 0 saturated carbocycles. The maximum atomic E-state index is 11.8. The van der Waals surface area contributed by atoms with Crippen molar-refractivity contribution in [1.29, 1.82) is 0 Å². The Balaban J connectivity index is 2.10. The molecule has 1 amide bonds. The lowest BCUT2D eigenvalue weighted by Crippen LogP contribution is -2.48. The fourth-order valence-electron chi connectivity index (χ4n) is 2.87. The molecule has 2 rings (SSSR count). The van der Waals surface area contributed by atoms with E-state index in [9.17, 15) is 4.79 Å². The van der Waals surface area contributed by atoms with Crippen LogP contribution in [0.5, 0.6) is 0 Å². The highest BCUT2D eigenvalue weighted by molar-refractivity contribution is 5.79. The van der Waals surface area contributed by atoms with E-state index < -0.39 is 0 Å². The third-order valence-electron chi connectivity index (χ3n) is 3.98. The molecule has 6 nitrogen and oxygen atoms in total. The van der Waals surface area contributed by atoms with Crippen molar-refractivity contribution in [2.24, 2.45) is 17.2 Å². The van der Waals surface area contributed by atoms with Crippen molar-refractivity contribution < 1.29 is 4.79 Å². The Morgan fingerprint density at radius 3 is 2.81 bits per heavy atom. The highest BCUT2D eigenvalue weighted by Crippen LogP contribution is 2.28. The van der Waals surface area contributed by atoms with Gasteiger partial charge in [-0.3, -0.25) is 14.9 Å². The number of amides is 1. The van der Waals surface area contributed by atoms with Gasteiger partial charge in [0.05, 0.1) is 17.8 Å². The second kappa shape index (κ2) is 6.05. The number of nitrogens with two attached hydrogens (primary N) is 1. The largest absolute Gasteiger partial charge is 0.365 e. The SMILES string of the molecule is CC1CCC(C(=O)NN)CN1c1cnn(CC(C)(C)C)c1. The van der Waals surface area contributed by atoms with Crippen molar-refractivity contribution in [3.05, 3.63) is 12.4 Å². The van der Waals surface area contributed by atoms with Crippen LogP contribution in [-0.2, 0) is 11.3 Å². The maximum Gasteiger partial charge on any atom is 0.238 e. The molecule has 0 radical (unpaired) electrons. The molecule has 21 heavy (non-hydrogen) atoms. The standard InChI is InChI=1S/C15H27N5O/c1-11-5-6-12(14(21)18-16)8-20(11)13-7-17-19(9-13)10-15(2,3)4/h7,9,11-12H,5-6,8,10,16H2,1-4H3,(H,18,21). The van der Waals surface area contributed by atoms with E-state index in [2.05, 4.69) is 49.3 Å². The van der Waals surface area contributed by atoms with Crippen molar-refractivity contribution in [3.8, 4) is 0 Å². The molecule has 3 N–H and O–H groups in total. The van der Waals surface area contributed by atoms with Gasteiger partial charge in [0.1, 0.15) is 0 Å². The summed E-state index contributed by atoms with van der Waals surface area (Å²) < 4.78 is 1.98. The van der Waals surface area contributed by atoms with Crippen LogP contribution in [0, 0.1) is 11.3 Å².